The summed E-state index contributed by atoms with van der Waals surface area (Å²) in [7, 11) is 1.66. The molecule has 0 aliphatic carbocycles. The number of carbonyl (C=O) groups is 1. The van der Waals surface area contributed by atoms with Crippen LogP contribution in [-0.4, -0.2) is 41.3 Å². The molecule has 1 aromatic heterocycles. The molecule has 6 nitrogen and oxygen atoms in total. The first kappa shape index (κ1) is 14.0. The smallest absolute Gasteiger partial charge is 0.323 e. The molecule has 1 aromatic rings. The first-order valence-electron chi connectivity index (χ1n) is 6.48. The summed E-state index contributed by atoms with van der Waals surface area (Å²) in [5, 5.41) is 3.15. The fraction of sp³-hybridized carbons (Fsp3) is 0.692. The van der Waals surface area contributed by atoms with E-state index in [1.807, 2.05) is 13.8 Å². The number of imidazole rings is 1. The van der Waals surface area contributed by atoms with Gasteiger partial charge in [-0.05, 0) is 13.8 Å². The van der Waals surface area contributed by atoms with E-state index >= 15 is 0 Å². The number of esters is 1. The fourth-order valence-corrected chi connectivity index (χ4v) is 1.94. The van der Waals surface area contributed by atoms with Gasteiger partial charge in [-0.2, -0.15) is 0 Å². The van der Waals surface area contributed by atoms with Gasteiger partial charge in [0.15, 0.2) is 0 Å². The highest BCUT2D eigenvalue weighted by Gasteiger charge is 2.27. The van der Waals surface area contributed by atoms with Crippen LogP contribution in [0.5, 0.6) is 0 Å². The molecule has 0 spiro atoms. The second kappa shape index (κ2) is 5.71. The van der Waals surface area contributed by atoms with E-state index in [4.69, 9.17) is 9.47 Å². The predicted octanol–water partition coefficient (Wildman–Crippen LogP) is 0.782. The van der Waals surface area contributed by atoms with Crippen molar-refractivity contribution in [3.8, 4) is 0 Å². The number of nitrogens with zero attached hydrogens (tertiary/aromatic N) is 1. The Labute approximate surface area is 112 Å². The monoisotopic (exact) mass is 267 g/mol. The molecular formula is C13H21N3O3. The summed E-state index contributed by atoms with van der Waals surface area (Å²) in [4.78, 5) is 19.2. The average Bonchev–Trinajstić information content (AvgIpc) is 2.85. The number of nitrogens with one attached hydrogen (secondary N) is 2. The number of hydrogen-bond acceptors (Lipinski definition) is 5. The number of ether oxygens (including phenoxy) is 2. The van der Waals surface area contributed by atoms with Gasteiger partial charge in [0.05, 0.1) is 29.9 Å². The molecule has 1 aliphatic heterocycles. The third-order valence-corrected chi connectivity index (χ3v) is 3.52. The molecule has 0 bridgehead atoms. The maximum atomic E-state index is 11.9. The summed E-state index contributed by atoms with van der Waals surface area (Å²) in [6, 6.07) is -0.304. The van der Waals surface area contributed by atoms with E-state index in [2.05, 4.69) is 15.3 Å². The Balaban J connectivity index is 1.79. The third-order valence-electron chi connectivity index (χ3n) is 3.52. The van der Waals surface area contributed by atoms with Gasteiger partial charge in [0.25, 0.3) is 0 Å². The Morgan fingerprint density at radius 1 is 1.58 bits per heavy atom. The first-order valence-corrected chi connectivity index (χ1v) is 6.48. The van der Waals surface area contributed by atoms with Gasteiger partial charge in [0.2, 0.25) is 0 Å². The highest BCUT2D eigenvalue weighted by atomic mass is 16.5. The van der Waals surface area contributed by atoms with Crippen LogP contribution < -0.4 is 5.32 Å². The lowest BCUT2D eigenvalue weighted by Gasteiger charge is -2.24. The van der Waals surface area contributed by atoms with Gasteiger partial charge in [-0.15, -0.1) is 0 Å². The highest BCUT2D eigenvalue weighted by Crippen LogP contribution is 2.15. The maximum Gasteiger partial charge on any atom is 0.323 e. The van der Waals surface area contributed by atoms with E-state index in [9.17, 15) is 4.79 Å². The summed E-state index contributed by atoms with van der Waals surface area (Å²) in [5.41, 5.74) is 1.72. The molecule has 2 heterocycles. The molecule has 106 valence electrons. The van der Waals surface area contributed by atoms with Crippen molar-refractivity contribution >= 4 is 5.97 Å². The minimum absolute atomic E-state index is 0.222. The second-order valence-electron chi connectivity index (χ2n) is 5.35. The van der Waals surface area contributed by atoms with Crippen molar-refractivity contribution in [2.45, 2.75) is 44.9 Å². The first-order chi connectivity index (χ1) is 9.02. The summed E-state index contributed by atoms with van der Waals surface area (Å²) < 4.78 is 10.6. The van der Waals surface area contributed by atoms with Crippen LogP contribution in [0.4, 0.5) is 0 Å². The SMILES string of the molecule is COC(C)(C)CCOC(=O)C1Cc2nc[nH]c2CN1. The number of methoxy groups -OCH3 is 1. The Kier molecular flexibility index (Phi) is 4.21. The van der Waals surface area contributed by atoms with Crippen LogP contribution in [0.15, 0.2) is 6.33 Å². The largest absolute Gasteiger partial charge is 0.464 e. The van der Waals surface area contributed by atoms with E-state index in [0.717, 1.165) is 11.4 Å². The minimum atomic E-state index is -0.304. The molecular weight excluding hydrogens is 246 g/mol. The van der Waals surface area contributed by atoms with Crippen LogP contribution in [0.25, 0.3) is 0 Å². The van der Waals surface area contributed by atoms with Crippen molar-refractivity contribution < 1.29 is 14.3 Å². The Bertz CT molecular complexity index is 442. The van der Waals surface area contributed by atoms with Gasteiger partial charge < -0.3 is 14.5 Å². The molecule has 19 heavy (non-hydrogen) atoms. The molecule has 6 heteroatoms. The summed E-state index contributed by atoms with van der Waals surface area (Å²) in [5.74, 6) is -0.222. The maximum absolute atomic E-state index is 11.9. The zero-order valence-electron chi connectivity index (χ0n) is 11.7. The highest BCUT2D eigenvalue weighted by molar-refractivity contribution is 5.76. The van der Waals surface area contributed by atoms with Crippen LogP contribution in [0.1, 0.15) is 31.7 Å². The van der Waals surface area contributed by atoms with Gasteiger partial charge in [0.1, 0.15) is 6.04 Å². The number of aromatic nitrogens is 2. The average molecular weight is 267 g/mol. The quantitative estimate of drug-likeness (QED) is 0.771. The molecule has 1 atom stereocenters. The molecule has 0 fully saturated rings. The number of fused-ring (bicyclic) bond motifs is 1. The molecule has 0 aromatic carbocycles. The topological polar surface area (TPSA) is 76.2 Å². The number of rotatable bonds is 5. The lowest BCUT2D eigenvalue weighted by molar-refractivity contribution is -0.148. The molecule has 2 rings (SSSR count). The van der Waals surface area contributed by atoms with Crippen molar-refractivity contribution in [2.75, 3.05) is 13.7 Å². The lowest BCUT2D eigenvalue weighted by atomic mass is 10.1. The van der Waals surface area contributed by atoms with Gasteiger partial charge in [0, 0.05) is 26.5 Å². The van der Waals surface area contributed by atoms with Crippen LogP contribution in [0, 0.1) is 0 Å². The van der Waals surface area contributed by atoms with Crippen molar-refractivity contribution in [1.29, 1.82) is 0 Å². The van der Waals surface area contributed by atoms with Crippen LogP contribution in [0.2, 0.25) is 0 Å². The summed E-state index contributed by atoms with van der Waals surface area (Å²) >= 11 is 0. The molecule has 1 unspecified atom stereocenters. The Hall–Kier alpha value is -1.40. The normalized spacial score (nSPS) is 19.0. The van der Waals surface area contributed by atoms with Crippen molar-refractivity contribution in [3.05, 3.63) is 17.7 Å². The molecule has 0 radical (unpaired) electrons. The van der Waals surface area contributed by atoms with E-state index in [0.29, 0.717) is 26.0 Å². The summed E-state index contributed by atoms with van der Waals surface area (Å²) in [6.45, 7) is 4.93. The molecule has 0 saturated heterocycles. The fourth-order valence-electron chi connectivity index (χ4n) is 1.94. The molecule has 2 N–H and O–H groups in total. The standard InChI is InChI=1S/C13H21N3O3/c1-13(2,18-3)4-5-19-12(17)10-6-9-11(7-14-10)16-8-15-9/h8,10,14H,4-7H2,1-3H3,(H,15,16). The van der Waals surface area contributed by atoms with E-state index in [-0.39, 0.29) is 17.6 Å². The van der Waals surface area contributed by atoms with Gasteiger partial charge in [-0.1, -0.05) is 0 Å². The molecule has 0 amide bonds. The van der Waals surface area contributed by atoms with Gasteiger partial charge in [-0.3, -0.25) is 10.1 Å². The predicted molar refractivity (Wildman–Crippen MR) is 69.6 cm³/mol. The van der Waals surface area contributed by atoms with E-state index in [1.165, 1.54) is 0 Å². The zero-order valence-corrected chi connectivity index (χ0v) is 11.7. The number of H-pyrrole nitrogens is 1. The van der Waals surface area contributed by atoms with E-state index < -0.39 is 0 Å². The van der Waals surface area contributed by atoms with Crippen LogP contribution in [-0.2, 0) is 27.2 Å². The third kappa shape index (κ3) is 3.54. The van der Waals surface area contributed by atoms with Crippen LogP contribution in [0.3, 0.4) is 0 Å². The van der Waals surface area contributed by atoms with Crippen molar-refractivity contribution in [1.82, 2.24) is 15.3 Å². The van der Waals surface area contributed by atoms with E-state index in [1.54, 1.807) is 13.4 Å². The second-order valence-corrected chi connectivity index (χ2v) is 5.35. The number of carbonyl (C=O) groups excluding carboxylic acids is 1. The zero-order chi connectivity index (χ0) is 13.9. The Morgan fingerprint density at radius 2 is 2.37 bits per heavy atom. The van der Waals surface area contributed by atoms with Gasteiger partial charge >= 0.3 is 5.97 Å². The molecule has 0 saturated carbocycles. The minimum Gasteiger partial charge on any atom is -0.464 e. The lowest BCUT2D eigenvalue weighted by Crippen LogP contribution is -2.43. The van der Waals surface area contributed by atoms with Crippen molar-refractivity contribution in [3.63, 3.8) is 0 Å². The number of hydrogen-bond donors (Lipinski definition) is 2. The number of aromatic amines is 1. The van der Waals surface area contributed by atoms with Gasteiger partial charge in [-0.25, -0.2) is 4.98 Å². The Morgan fingerprint density at radius 3 is 3.11 bits per heavy atom. The van der Waals surface area contributed by atoms with Crippen LogP contribution >= 0.6 is 0 Å². The molecule has 1 aliphatic rings. The van der Waals surface area contributed by atoms with Crippen molar-refractivity contribution in [2.24, 2.45) is 0 Å². The summed E-state index contributed by atoms with van der Waals surface area (Å²) in [6.07, 6.45) is 2.90.